The van der Waals surface area contributed by atoms with Gasteiger partial charge in [-0.05, 0) is 26.0 Å². The zero-order valence-corrected chi connectivity index (χ0v) is 15.3. The number of ether oxygens (including phenoxy) is 1. The Morgan fingerprint density at radius 3 is 2.38 bits per heavy atom. The molecule has 138 valence electrons. The van der Waals surface area contributed by atoms with Crippen LogP contribution in [0.1, 0.15) is 19.4 Å². The lowest BCUT2D eigenvalue weighted by Gasteiger charge is -2.36. The summed E-state index contributed by atoms with van der Waals surface area (Å²) in [6.07, 6.45) is 0.145. The zero-order chi connectivity index (χ0) is 18.5. The molecule has 1 saturated heterocycles. The molecule has 26 heavy (non-hydrogen) atoms. The van der Waals surface area contributed by atoms with Gasteiger partial charge >= 0.3 is 0 Å². The zero-order valence-electron chi connectivity index (χ0n) is 15.3. The van der Waals surface area contributed by atoms with Gasteiger partial charge in [-0.3, -0.25) is 15.0 Å². The number of piperazine rings is 1. The van der Waals surface area contributed by atoms with Crippen molar-refractivity contribution in [1.29, 1.82) is 0 Å². The molecule has 0 amide bonds. The van der Waals surface area contributed by atoms with E-state index < -0.39 is 0 Å². The van der Waals surface area contributed by atoms with Gasteiger partial charge in [-0.25, -0.2) is 0 Å². The average molecular weight is 355 g/mol. The Kier molecular flexibility index (Phi) is 5.73. The maximum Gasteiger partial charge on any atom is 0.292 e. The quantitative estimate of drug-likeness (QED) is 0.584. The van der Waals surface area contributed by atoms with E-state index in [1.165, 1.54) is 5.56 Å². The fraction of sp³-hybridized carbons (Fsp3) is 0.400. The minimum atomic E-state index is -0.304. The van der Waals surface area contributed by atoms with Crippen LogP contribution in [0.5, 0.6) is 5.75 Å². The van der Waals surface area contributed by atoms with Gasteiger partial charge in [-0.15, -0.1) is 0 Å². The predicted octanol–water partition coefficient (Wildman–Crippen LogP) is 3.70. The number of hydrogen-bond acceptors (Lipinski definition) is 5. The summed E-state index contributed by atoms with van der Waals surface area (Å²) in [6.45, 7) is 8.17. The number of nitro benzene ring substituents is 1. The molecule has 6 heteroatoms. The summed E-state index contributed by atoms with van der Waals surface area (Å²) in [5.74, 6) is 0.934. The van der Waals surface area contributed by atoms with Crippen molar-refractivity contribution in [2.45, 2.75) is 26.5 Å². The van der Waals surface area contributed by atoms with Crippen LogP contribution in [0.25, 0.3) is 0 Å². The highest BCUT2D eigenvalue weighted by atomic mass is 16.6. The lowest BCUT2D eigenvalue weighted by atomic mass is 10.1. The summed E-state index contributed by atoms with van der Waals surface area (Å²) < 4.78 is 5.91. The molecular weight excluding hydrogens is 330 g/mol. The van der Waals surface area contributed by atoms with Gasteiger partial charge in [0.2, 0.25) is 0 Å². The lowest BCUT2D eigenvalue weighted by molar-refractivity contribution is -0.384. The van der Waals surface area contributed by atoms with E-state index in [1.54, 1.807) is 12.1 Å². The van der Waals surface area contributed by atoms with Crippen molar-refractivity contribution in [2.24, 2.45) is 0 Å². The summed E-state index contributed by atoms with van der Waals surface area (Å²) in [6, 6.07) is 15.1. The molecule has 2 aromatic rings. The van der Waals surface area contributed by atoms with Gasteiger partial charge in [0.15, 0.2) is 0 Å². The molecule has 0 bridgehead atoms. The van der Waals surface area contributed by atoms with Crippen molar-refractivity contribution in [3.8, 4) is 5.75 Å². The van der Waals surface area contributed by atoms with Crippen LogP contribution in [0.15, 0.2) is 48.5 Å². The molecule has 0 unspecified atom stereocenters. The monoisotopic (exact) mass is 355 g/mol. The second-order valence-electron chi connectivity index (χ2n) is 6.78. The van der Waals surface area contributed by atoms with Crippen molar-refractivity contribution >= 4 is 11.4 Å². The third-order valence-electron chi connectivity index (χ3n) is 4.52. The van der Waals surface area contributed by atoms with Crippen molar-refractivity contribution in [3.05, 3.63) is 64.2 Å². The number of nitrogens with zero attached hydrogens (tertiary/aromatic N) is 3. The summed E-state index contributed by atoms with van der Waals surface area (Å²) in [4.78, 5) is 15.4. The van der Waals surface area contributed by atoms with Gasteiger partial charge in [-0.2, -0.15) is 0 Å². The fourth-order valence-corrected chi connectivity index (χ4v) is 3.28. The Morgan fingerprint density at radius 1 is 1.04 bits per heavy atom. The predicted molar refractivity (Wildman–Crippen MR) is 103 cm³/mol. The third-order valence-corrected chi connectivity index (χ3v) is 4.52. The number of para-hydroxylation sites is 3. The minimum Gasteiger partial charge on any atom is -0.491 e. The molecule has 0 radical (unpaired) electrons. The molecule has 0 aliphatic carbocycles. The molecule has 0 aromatic heterocycles. The highest BCUT2D eigenvalue weighted by Crippen LogP contribution is 2.29. The molecule has 1 aliphatic rings. The second kappa shape index (κ2) is 8.19. The highest BCUT2D eigenvalue weighted by molar-refractivity contribution is 5.63. The normalized spacial score (nSPS) is 15.3. The highest BCUT2D eigenvalue weighted by Gasteiger charge is 2.23. The van der Waals surface area contributed by atoms with Crippen molar-refractivity contribution in [1.82, 2.24) is 4.90 Å². The third kappa shape index (κ3) is 4.32. The first kappa shape index (κ1) is 18.2. The molecule has 2 aromatic carbocycles. The van der Waals surface area contributed by atoms with Gasteiger partial charge in [-0.1, -0.05) is 30.3 Å². The maximum atomic E-state index is 11.3. The molecular formula is C20H25N3O3. The number of benzene rings is 2. The van der Waals surface area contributed by atoms with Crippen LogP contribution in [0, 0.1) is 10.1 Å². The van der Waals surface area contributed by atoms with E-state index in [-0.39, 0.29) is 16.7 Å². The smallest absolute Gasteiger partial charge is 0.292 e. The van der Waals surface area contributed by atoms with Crippen LogP contribution in [-0.2, 0) is 6.54 Å². The van der Waals surface area contributed by atoms with Crippen LogP contribution in [0.3, 0.4) is 0 Å². The minimum absolute atomic E-state index is 0.145. The molecule has 0 saturated carbocycles. The number of rotatable bonds is 6. The standard InChI is InChI=1S/C20H25N3O3/c1-16(2)26-20-10-6-3-7-17(20)15-21-11-13-22(14-12-21)18-8-4-5-9-19(18)23(24)25/h3-10,16H,11-15H2,1-2H3. The van der Waals surface area contributed by atoms with E-state index in [2.05, 4.69) is 15.9 Å². The Hall–Kier alpha value is -2.60. The van der Waals surface area contributed by atoms with Gasteiger partial charge in [0.1, 0.15) is 11.4 Å². The molecule has 1 fully saturated rings. The number of anilines is 1. The van der Waals surface area contributed by atoms with E-state index in [9.17, 15) is 10.1 Å². The van der Waals surface area contributed by atoms with E-state index >= 15 is 0 Å². The number of hydrogen-bond donors (Lipinski definition) is 0. The van der Waals surface area contributed by atoms with E-state index in [0.29, 0.717) is 5.69 Å². The van der Waals surface area contributed by atoms with Crippen molar-refractivity contribution in [3.63, 3.8) is 0 Å². The van der Waals surface area contributed by atoms with Crippen LogP contribution >= 0.6 is 0 Å². The fourth-order valence-electron chi connectivity index (χ4n) is 3.28. The average Bonchev–Trinajstić information content (AvgIpc) is 2.63. The van der Waals surface area contributed by atoms with Gasteiger partial charge < -0.3 is 9.64 Å². The maximum absolute atomic E-state index is 11.3. The van der Waals surface area contributed by atoms with E-state index in [1.807, 2.05) is 44.2 Å². The van der Waals surface area contributed by atoms with Gasteiger partial charge in [0.25, 0.3) is 5.69 Å². The van der Waals surface area contributed by atoms with E-state index in [0.717, 1.165) is 38.5 Å². The van der Waals surface area contributed by atoms with Gasteiger partial charge in [0.05, 0.1) is 11.0 Å². The first-order chi connectivity index (χ1) is 12.5. The van der Waals surface area contributed by atoms with E-state index in [4.69, 9.17) is 4.74 Å². The molecule has 0 spiro atoms. The summed E-state index contributed by atoms with van der Waals surface area (Å²) in [5, 5.41) is 11.3. The van der Waals surface area contributed by atoms with Crippen LogP contribution in [0.4, 0.5) is 11.4 Å². The van der Waals surface area contributed by atoms with Crippen LogP contribution < -0.4 is 9.64 Å². The summed E-state index contributed by atoms with van der Waals surface area (Å²) >= 11 is 0. The molecule has 1 aliphatic heterocycles. The topological polar surface area (TPSA) is 58.8 Å². The Labute approximate surface area is 154 Å². The van der Waals surface area contributed by atoms with Crippen LogP contribution in [-0.4, -0.2) is 42.1 Å². The Morgan fingerprint density at radius 2 is 1.69 bits per heavy atom. The van der Waals surface area contributed by atoms with Crippen molar-refractivity contribution in [2.75, 3.05) is 31.1 Å². The van der Waals surface area contributed by atoms with Crippen LogP contribution in [0.2, 0.25) is 0 Å². The molecule has 0 atom stereocenters. The molecule has 3 rings (SSSR count). The number of nitro groups is 1. The second-order valence-corrected chi connectivity index (χ2v) is 6.78. The first-order valence-corrected chi connectivity index (χ1v) is 9.00. The van der Waals surface area contributed by atoms with Gasteiger partial charge in [0, 0.05) is 44.4 Å². The molecule has 0 N–H and O–H groups in total. The summed E-state index contributed by atoms with van der Waals surface area (Å²) in [5.41, 5.74) is 2.07. The largest absolute Gasteiger partial charge is 0.491 e. The molecule has 1 heterocycles. The SMILES string of the molecule is CC(C)Oc1ccccc1CN1CCN(c2ccccc2[N+](=O)[O-])CC1. The lowest BCUT2D eigenvalue weighted by Crippen LogP contribution is -2.46. The van der Waals surface area contributed by atoms with Crippen molar-refractivity contribution < 1.29 is 9.66 Å². The Bertz CT molecular complexity index is 755. The first-order valence-electron chi connectivity index (χ1n) is 9.00. The Balaban J connectivity index is 1.64. The summed E-state index contributed by atoms with van der Waals surface area (Å²) in [7, 11) is 0. The molecule has 6 nitrogen and oxygen atoms in total.